The average molecular weight is 203 g/mol. The summed E-state index contributed by atoms with van der Waals surface area (Å²) in [5, 5.41) is 2.68. The molecule has 0 radical (unpaired) electrons. The van der Waals surface area contributed by atoms with Gasteiger partial charge in [-0.1, -0.05) is 13.0 Å². The molecule has 1 aliphatic carbocycles. The Morgan fingerprint density at radius 1 is 1.47 bits per heavy atom. The first-order valence-corrected chi connectivity index (χ1v) is 5.02. The molecular formula is C12H13NO2. The number of anilines is 1. The third kappa shape index (κ3) is 1.77. The summed E-state index contributed by atoms with van der Waals surface area (Å²) in [5.41, 5.74) is 2.55. The van der Waals surface area contributed by atoms with Gasteiger partial charge in [0, 0.05) is 24.6 Å². The summed E-state index contributed by atoms with van der Waals surface area (Å²) in [6, 6.07) is 5.54. The number of amides is 1. The van der Waals surface area contributed by atoms with Gasteiger partial charge in [0.15, 0.2) is 5.78 Å². The van der Waals surface area contributed by atoms with Crippen LogP contribution in [0, 0.1) is 0 Å². The Hall–Kier alpha value is -1.64. The molecule has 0 aliphatic heterocycles. The number of carbonyl (C=O) groups excluding carboxylic acids is 2. The van der Waals surface area contributed by atoms with Crippen LogP contribution in [0.25, 0.3) is 0 Å². The fourth-order valence-electron chi connectivity index (χ4n) is 2.01. The Bertz CT molecular complexity index is 437. The van der Waals surface area contributed by atoms with Gasteiger partial charge in [0.25, 0.3) is 0 Å². The van der Waals surface area contributed by atoms with Gasteiger partial charge in [0.1, 0.15) is 0 Å². The third-order valence-electron chi connectivity index (χ3n) is 2.70. The zero-order chi connectivity index (χ0) is 11.0. The number of carbonyl (C=O) groups is 2. The van der Waals surface area contributed by atoms with Crippen LogP contribution in [0.3, 0.4) is 0 Å². The van der Waals surface area contributed by atoms with Gasteiger partial charge in [0.2, 0.25) is 5.91 Å². The first kappa shape index (κ1) is 9.90. The quantitative estimate of drug-likeness (QED) is 0.761. The maximum absolute atomic E-state index is 11.6. The smallest absolute Gasteiger partial charge is 0.221 e. The van der Waals surface area contributed by atoms with Crippen LogP contribution in [0.2, 0.25) is 0 Å². The standard InChI is InChI=1S/C12H13NO2/c1-7-5-12(15)11-6-9(13-8(2)14)3-4-10(7)11/h3-4,6-7H,5H2,1-2H3,(H,13,14). The Labute approximate surface area is 88.5 Å². The molecule has 3 heteroatoms. The van der Waals surface area contributed by atoms with Crippen LogP contribution in [-0.2, 0) is 4.79 Å². The van der Waals surface area contributed by atoms with Crippen molar-refractivity contribution in [2.75, 3.05) is 5.32 Å². The molecule has 1 N–H and O–H groups in total. The summed E-state index contributed by atoms with van der Waals surface area (Å²) in [4.78, 5) is 22.5. The van der Waals surface area contributed by atoms with Gasteiger partial charge in [-0.3, -0.25) is 9.59 Å². The second-order valence-corrected chi connectivity index (χ2v) is 4.01. The lowest BCUT2D eigenvalue weighted by atomic mass is 10.0. The topological polar surface area (TPSA) is 46.2 Å². The van der Waals surface area contributed by atoms with Crippen molar-refractivity contribution >= 4 is 17.4 Å². The van der Waals surface area contributed by atoms with Gasteiger partial charge in [-0.15, -0.1) is 0 Å². The molecule has 0 bridgehead atoms. The van der Waals surface area contributed by atoms with E-state index >= 15 is 0 Å². The minimum atomic E-state index is -0.117. The second kappa shape index (κ2) is 3.50. The van der Waals surface area contributed by atoms with Crippen molar-refractivity contribution < 1.29 is 9.59 Å². The molecule has 1 amide bonds. The highest BCUT2D eigenvalue weighted by molar-refractivity contribution is 6.02. The van der Waals surface area contributed by atoms with Crippen molar-refractivity contribution in [3.63, 3.8) is 0 Å². The summed E-state index contributed by atoms with van der Waals surface area (Å²) >= 11 is 0. The monoisotopic (exact) mass is 203 g/mol. The molecule has 1 aromatic rings. The van der Waals surface area contributed by atoms with E-state index in [2.05, 4.69) is 5.32 Å². The maximum Gasteiger partial charge on any atom is 0.221 e. The van der Waals surface area contributed by atoms with E-state index in [4.69, 9.17) is 0 Å². The van der Waals surface area contributed by atoms with Crippen molar-refractivity contribution in [3.05, 3.63) is 29.3 Å². The lowest BCUT2D eigenvalue weighted by molar-refractivity contribution is -0.114. The van der Waals surface area contributed by atoms with Gasteiger partial charge in [-0.25, -0.2) is 0 Å². The molecule has 0 aromatic heterocycles. The molecule has 15 heavy (non-hydrogen) atoms. The van der Waals surface area contributed by atoms with Crippen LogP contribution in [-0.4, -0.2) is 11.7 Å². The van der Waals surface area contributed by atoms with Crippen LogP contribution in [0.4, 0.5) is 5.69 Å². The number of benzene rings is 1. The molecule has 1 unspecified atom stereocenters. The predicted molar refractivity (Wildman–Crippen MR) is 58.1 cm³/mol. The SMILES string of the molecule is CC(=O)Nc1ccc2c(c1)C(=O)CC2C. The summed E-state index contributed by atoms with van der Waals surface area (Å²) in [7, 11) is 0. The van der Waals surface area contributed by atoms with Crippen LogP contribution in [0.1, 0.15) is 42.1 Å². The fourth-order valence-corrected chi connectivity index (χ4v) is 2.01. The number of ketones is 1. The lowest BCUT2D eigenvalue weighted by Gasteiger charge is -2.06. The number of nitrogens with one attached hydrogen (secondary N) is 1. The Morgan fingerprint density at radius 2 is 2.20 bits per heavy atom. The lowest BCUT2D eigenvalue weighted by Crippen LogP contribution is -2.06. The molecule has 0 heterocycles. The normalized spacial score (nSPS) is 18.8. The first-order chi connectivity index (χ1) is 7.08. The van der Waals surface area contributed by atoms with Crippen molar-refractivity contribution in [2.45, 2.75) is 26.2 Å². The van der Waals surface area contributed by atoms with Crippen molar-refractivity contribution in [2.24, 2.45) is 0 Å². The number of rotatable bonds is 1. The largest absolute Gasteiger partial charge is 0.326 e. The number of hydrogen-bond donors (Lipinski definition) is 1. The second-order valence-electron chi connectivity index (χ2n) is 4.01. The number of fused-ring (bicyclic) bond motifs is 1. The van der Waals surface area contributed by atoms with Gasteiger partial charge >= 0.3 is 0 Å². The summed E-state index contributed by atoms with van der Waals surface area (Å²) < 4.78 is 0. The van der Waals surface area contributed by atoms with Gasteiger partial charge in [-0.05, 0) is 23.6 Å². The molecule has 2 rings (SSSR count). The maximum atomic E-state index is 11.6. The van der Waals surface area contributed by atoms with E-state index in [1.54, 1.807) is 6.07 Å². The van der Waals surface area contributed by atoms with Crippen molar-refractivity contribution in [1.82, 2.24) is 0 Å². The van der Waals surface area contributed by atoms with Crippen LogP contribution in [0.5, 0.6) is 0 Å². The van der Waals surface area contributed by atoms with Gasteiger partial charge in [0.05, 0.1) is 0 Å². The first-order valence-electron chi connectivity index (χ1n) is 5.02. The van der Waals surface area contributed by atoms with E-state index in [1.807, 2.05) is 19.1 Å². The van der Waals surface area contributed by atoms with E-state index in [0.29, 0.717) is 18.0 Å². The predicted octanol–water partition coefficient (Wildman–Crippen LogP) is 2.33. The average Bonchev–Trinajstić information content (AvgIpc) is 2.41. The molecule has 78 valence electrons. The van der Waals surface area contributed by atoms with Crippen LogP contribution >= 0.6 is 0 Å². The molecule has 0 spiro atoms. The minimum absolute atomic E-state index is 0.117. The summed E-state index contributed by atoms with van der Waals surface area (Å²) in [6.45, 7) is 3.50. The Kier molecular flexibility index (Phi) is 2.31. The zero-order valence-corrected chi connectivity index (χ0v) is 8.83. The Balaban J connectivity index is 2.38. The highest BCUT2D eigenvalue weighted by Crippen LogP contribution is 2.33. The van der Waals surface area contributed by atoms with Crippen LogP contribution < -0.4 is 5.32 Å². The van der Waals surface area contributed by atoms with E-state index < -0.39 is 0 Å². The summed E-state index contributed by atoms with van der Waals surface area (Å²) in [6.07, 6.45) is 0.582. The molecule has 1 aliphatic rings. The molecular weight excluding hydrogens is 190 g/mol. The molecule has 0 saturated heterocycles. The molecule has 0 fully saturated rings. The highest BCUT2D eigenvalue weighted by Gasteiger charge is 2.25. The van der Waals surface area contributed by atoms with E-state index in [0.717, 1.165) is 11.1 Å². The number of hydrogen-bond acceptors (Lipinski definition) is 2. The molecule has 1 atom stereocenters. The minimum Gasteiger partial charge on any atom is -0.326 e. The van der Waals surface area contributed by atoms with Crippen molar-refractivity contribution in [3.8, 4) is 0 Å². The van der Waals surface area contributed by atoms with E-state index in [-0.39, 0.29) is 11.7 Å². The molecule has 3 nitrogen and oxygen atoms in total. The third-order valence-corrected chi connectivity index (χ3v) is 2.70. The van der Waals surface area contributed by atoms with Crippen molar-refractivity contribution in [1.29, 1.82) is 0 Å². The fraction of sp³-hybridized carbons (Fsp3) is 0.333. The highest BCUT2D eigenvalue weighted by atomic mass is 16.1. The van der Waals surface area contributed by atoms with Gasteiger partial charge < -0.3 is 5.32 Å². The Morgan fingerprint density at radius 3 is 2.87 bits per heavy atom. The molecule has 1 aromatic carbocycles. The summed E-state index contributed by atoms with van der Waals surface area (Å²) in [5.74, 6) is 0.358. The van der Waals surface area contributed by atoms with E-state index in [1.165, 1.54) is 6.92 Å². The number of Topliss-reactive ketones (excluding diaryl/α,β-unsaturated/α-hetero) is 1. The zero-order valence-electron chi connectivity index (χ0n) is 8.83. The van der Waals surface area contributed by atoms with E-state index in [9.17, 15) is 9.59 Å². The van der Waals surface area contributed by atoms with Gasteiger partial charge in [-0.2, -0.15) is 0 Å². The molecule has 0 saturated carbocycles. The van der Waals surface area contributed by atoms with Crippen LogP contribution in [0.15, 0.2) is 18.2 Å².